The molecule has 0 aliphatic carbocycles. The normalized spacial score (nSPS) is 14.1. The van der Waals surface area contributed by atoms with Gasteiger partial charge in [-0.05, 0) is 87.1 Å². The van der Waals surface area contributed by atoms with Crippen LogP contribution in [0.5, 0.6) is 23.0 Å². The van der Waals surface area contributed by atoms with Crippen molar-refractivity contribution in [2.24, 2.45) is 0 Å². The predicted molar refractivity (Wildman–Crippen MR) is 122 cm³/mol. The van der Waals surface area contributed by atoms with Crippen molar-refractivity contribution in [1.29, 1.82) is 0 Å². The number of aliphatic hydroxyl groups is 2. The van der Waals surface area contributed by atoms with Gasteiger partial charge < -0.3 is 20.1 Å². The third-order valence-corrected chi connectivity index (χ3v) is 7.11. The zero-order valence-electron chi connectivity index (χ0n) is 14.1. The molecule has 3 N–H and O–H groups in total. The van der Waals surface area contributed by atoms with E-state index in [0.717, 1.165) is 0 Å². The summed E-state index contributed by atoms with van der Waals surface area (Å²) in [5.41, 5.74) is 1.74. The van der Waals surface area contributed by atoms with Crippen LogP contribution in [0.4, 0.5) is 0 Å². The third-order valence-electron chi connectivity index (χ3n) is 4.46. The second-order valence-electron chi connectivity index (χ2n) is 6.12. The van der Waals surface area contributed by atoms with Gasteiger partial charge >= 0.3 is 0 Å². The van der Waals surface area contributed by atoms with Crippen LogP contribution in [0.15, 0.2) is 54.3 Å². The molecule has 1 aliphatic rings. The Morgan fingerprint density at radius 3 is 2.10 bits per heavy atom. The molecule has 0 amide bonds. The molecule has 0 bridgehead atoms. The zero-order valence-corrected chi connectivity index (χ0v) is 20.5. The van der Waals surface area contributed by atoms with Crippen LogP contribution >= 0.6 is 63.7 Å². The molecule has 147 valence electrons. The number of hydrogen-bond acceptors (Lipinski definition) is 4. The highest BCUT2D eigenvalue weighted by molar-refractivity contribution is 9.11. The van der Waals surface area contributed by atoms with Gasteiger partial charge in [-0.2, -0.15) is 0 Å². The van der Waals surface area contributed by atoms with E-state index in [-0.39, 0.29) is 26.9 Å². The van der Waals surface area contributed by atoms with E-state index in [4.69, 9.17) is 4.74 Å². The molecule has 29 heavy (non-hydrogen) atoms. The molecule has 1 heterocycles. The average Bonchev–Trinajstić information content (AvgIpc) is 2.69. The van der Waals surface area contributed by atoms with Crippen molar-refractivity contribution < 1.29 is 25.2 Å². The van der Waals surface area contributed by atoms with Gasteiger partial charge in [-0.25, -0.2) is 0 Å². The quantitative estimate of drug-likeness (QED) is 0.214. The first-order valence-corrected chi connectivity index (χ1v) is 11.2. The molecule has 0 unspecified atom stereocenters. The summed E-state index contributed by atoms with van der Waals surface area (Å²) < 4.78 is 7.25. The van der Waals surface area contributed by atoms with Gasteiger partial charge in [0, 0.05) is 16.7 Å². The molecular formula is C20H9Br4O5. The molecule has 3 aromatic rings. The first-order valence-electron chi connectivity index (χ1n) is 8.02. The van der Waals surface area contributed by atoms with E-state index >= 15 is 0 Å². The average molecular weight is 649 g/mol. The fraction of sp³-hybridized carbons (Fsp3) is 0. The van der Waals surface area contributed by atoms with E-state index in [1.54, 1.807) is 36.4 Å². The first-order chi connectivity index (χ1) is 13.7. The Kier molecular flexibility index (Phi) is 5.35. The Morgan fingerprint density at radius 1 is 0.862 bits per heavy atom. The topological polar surface area (TPSA) is 89.8 Å². The molecule has 5 nitrogen and oxygen atoms in total. The number of aliphatic hydroxyl groups excluding tert-OH is 1. The number of fused-ring (bicyclic) bond motifs is 2. The Morgan fingerprint density at radius 2 is 1.45 bits per heavy atom. The summed E-state index contributed by atoms with van der Waals surface area (Å²) in [5.74, 6) is -0.641. The smallest absolute Gasteiger partial charge is 0.282 e. The molecule has 0 atom stereocenters. The van der Waals surface area contributed by atoms with Crippen molar-refractivity contribution >= 4 is 75.2 Å². The van der Waals surface area contributed by atoms with Crippen LogP contribution in [-0.2, 0) is 5.11 Å². The van der Waals surface area contributed by atoms with E-state index in [1.165, 1.54) is 0 Å². The Labute approximate surface area is 198 Å². The maximum absolute atomic E-state index is 12.4. The first kappa shape index (κ1) is 20.6. The van der Waals surface area contributed by atoms with Gasteiger partial charge in [-0.1, -0.05) is 18.2 Å². The van der Waals surface area contributed by atoms with Crippen molar-refractivity contribution in [3.8, 4) is 23.0 Å². The molecule has 0 fully saturated rings. The molecule has 1 radical (unpaired) electrons. The van der Waals surface area contributed by atoms with Crippen molar-refractivity contribution in [3.63, 3.8) is 0 Å². The minimum absolute atomic E-state index is 0.0630. The summed E-state index contributed by atoms with van der Waals surface area (Å²) in [6.45, 7) is 0. The van der Waals surface area contributed by atoms with E-state index in [2.05, 4.69) is 63.7 Å². The summed E-state index contributed by atoms with van der Waals surface area (Å²) >= 11 is 13.3. The second kappa shape index (κ2) is 7.54. The van der Waals surface area contributed by atoms with Gasteiger partial charge in [0.2, 0.25) is 5.75 Å². The molecule has 4 rings (SSSR count). The van der Waals surface area contributed by atoms with Crippen LogP contribution in [0.25, 0.3) is 11.5 Å². The minimum Gasteiger partial charge on any atom is -0.505 e. The Balaban J connectivity index is 2.31. The van der Waals surface area contributed by atoms with Crippen molar-refractivity contribution in [2.75, 3.05) is 0 Å². The number of phenols is 1. The summed E-state index contributed by atoms with van der Waals surface area (Å²) in [6, 6.07) is 10.1. The summed E-state index contributed by atoms with van der Waals surface area (Å²) in [5, 5.41) is 43.2. The lowest BCUT2D eigenvalue weighted by atomic mass is 9.91. The maximum atomic E-state index is 12.4. The lowest BCUT2D eigenvalue weighted by Crippen LogP contribution is -2.30. The number of rotatable bonds is 0. The second-order valence-corrected chi connectivity index (χ2v) is 9.42. The van der Waals surface area contributed by atoms with Crippen LogP contribution in [0.3, 0.4) is 0 Å². The molecule has 9 heteroatoms. The summed E-state index contributed by atoms with van der Waals surface area (Å²) in [4.78, 5) is 0. The van der Waals surface area contributed by atoms with Gasteiger partial charge in [-0.3, -0.25) is 5.11 Å². The van der Waals surface area contributed by atoms with Crippen LogP contribution < -0.4 is 15.2 Å². The highest BCUT2D eigenvalue weighted by Crippen LogP contribution is 2.55. The van der Waals surface area contributed by atoms with Crippen LogP contribution in [-0.4, -0.2) is 15.3 Å². The van der Waals surface area contributed by atoms with Crippen LogP contribution in [0.2, 0.25) is 0 Å². The molecule has 3 aromatic carbocycles. The van der Waals surface area contributed by atoms with E-state index in [1.807, 2.05) is 0 Å². The number of phenolic OH excluding ortho intramolecular Hbond substituents is 1. The van der Waals surface area contributed by atoms with Gasteiger partial charge in [0.1, 0.15) is 14.7 Å². The maximum Gasteiger partial charge on any atom is 0.282 e. The van der Waals surface area contributed by atoms with Gasteiger partial charge in [0.05, 0.1) is 14.2 Å². The predicted octanol–water partition coefficient (Wildman–Crippen LogP) is 6.12. The van der Waals surface area contributed by atoms with Crippen LogP contribution in [0, 0.1) is 0 Å². The van der Waals surface area contributed by atoms with Crippen molar-refractivity contribution in [2.45, 2.75) is 0 Å². The molecule has 0 saturated carbocycles. The largest absolute Gasteiger partial charge is 0.505 e. The SMILES string of the molecule is [O]c1c(Br)cc2c(c1Br)Oc1c(cc(Br)c(O)c1Br)/C2=c1\ccccc1=C(O)O. The fourth-order valence-corrected chi connectivity index (χ4v) is 5.58. The van der Waals surface area contributed by atoms with Crippen molar-refractivity contribution in [3.05, 3.63) is 75.9 Å². The molecule has 0 spiro atoms. The summed E-state index contributed by atoms with van der Waals surface area (Å²) in [7, 11) is 0. The number of halogens is 4. The number of benzene rings is 3. The standard InChI is InChI=1S/C20H9Br4O5/c21-11-5-9-13(7-3-1-2-4-8(7)20(27)28)10-6-12(22)17(26)15(24)19(10)29-18(9)14(23)16(11)25/h1-6,25,27-28H/b13-7-. The monoisotopic (exact) mass is 645 g/mol. The van der Waals surface area contributed by atoms with Crippen molar-refractivity contribution in [1.82, 2.24) is 0 Å². The number of ether oxygens (including phenoxy) is 1. The van der Waals surface area contributed by atoms with E-state index in [0.29, 0.717) is 41.1 Å². The molecule has 0 aromatic heterocycles. The highest BCUT2D eigenvalue weighted by atomic mass is 79.9. The lowest BCUT2D eigenvalue weighted by Gasteiger charge is -2.26. The number of hydrogen-bond donors (Lipinski definition) is 3. The minimum atomic E-state index is -0.835. The van der Waals surface area contributed by atoms with Gasteiger partial charge in [0.25, 0.3) is 5.95 Å². The van der Waals surface area contributed by atoms with E-state index < -0.39 is 5.95 Å². The lowest BCUT2D eigenvalue weighted by molar-refractivity contribution is 0.298. The molecule has 0 saturated heterocycles. The highest BCUT2D eigenvalue weighted by Gasteiger charge is 2.31. The van der Waals surface area contributed by atoms with Gasteiger partial charge in [-0.15, -0.1) is 0 Å². The Hall–Kier alpha value is -1.68. The van der Waals surface area contributed by atoms with Gasteiger partial charge in [0.15, 0.2) is 11.5 Å². The third kappa shape index (κ3) is 3.24. The number of aromatic hydroxyl groups is 1. The molecule has 1 aliphatic heterocycles. The zero-order chi connectivity index (χ0) is 21.0. The van der Waals surface area contributed by atoms with E-state index in [9.17, 15) is 20.4 Å². The van der Waals surface area contributed by atoms with Crippen LogP contribution in [0.1, 0.15) is 11.1 Å². The summed E-state index contributed by atoms with van der Waals surface area (Å²) in [6.07, 6.45) is 0. The molecular weight excluding hydrogens is 640 g/mol. The Bertz CT molecular complexity index is 1250. The fourth-order valence-electron chi connectivity index (χ4n) is 3.18.